The maximum atomic E-state index is 4.11. The fraction of sp³-hybridized carbons (Fsp3) is 0.636. The molecular weight excluding hydrogens is 160 g/mol. The molecule has 13 heavy (non-hydrogen) atoms. The zero-order valence-corrected chi connectivity index (χ0v) is 8.02. The number of imidazole rings is 1. The van der Waals surface area contributed by atoms with E-state index in [2.05, 4.69) is 22.2 Å². The van der Waals surface area contributed by atoms with E-state index in [-0.39, 0.29) is 0 Å². The molecule has 1 radical (unpaired) electrons. The Morgan fingerprint density at radius 3 is 2.54 bits per heavy atom. The van der Waals surface area contributed by atoms with Gasteiger partial charge in [0, 0.05) is 18.4 Å². The second-order valence-corrected chi connectivity index (χ2v) is 3.81. The van der Waals surface area contributed by atoms with E-state index in [9.17, 15) is 0 Å². The first-order chi connectivity index (χ1) is 6.47. The van der Waals surface area contributed by atoms with Gasteiger partial charge in [0.25, 0.3) is 0 Å². The van der Waals surface area contributed by atoms with Gasteiger partial charge in [-0.1, -0.05) is 25.7 Å². The largest absolute Gasteiger partial charge is 0.334 e. The van der Waals surface area contributed by atoms with Crippen LogP contribution in [0, 0.1) is 6.42 Å². The van der Waals surface area contributed by atoms with Gasteiger partial charge in [-0.3, -0.25) is 0 Å². The lowest BCUT2D eigenvalue weighted by Crippen LogP contribution is -2.08. The van der Waals surface area contributed by atoms with E-state index in [4.69, 9.17) is 0 Å². The van der Waals surface area contributed by atoms with Crippen LogP contribution in [0.5, 0.6) is 0 Å². The highest BCUT2D eigenvalue weighted by Crippen LogP contribution is 2.25. The van der Waals surface area contributed by atoms with Crippen molar-refractivity contribution < 1.29 is 0 Å². The highest BCUT2D eigenvalue weighted by Gasteiger charge is 2.11. The van der Waals surface area contributed by atoms with E-state index < -0.39 is 0 Å². The number of rotatable bonds is 1. The van der Waals surface area contributed by atoms with Crippen molar-refractivity contribution in [3.05, 3.63) is 25.1 Å². The minimum Gasteiger partial charge on any atom is -0.334 e. The molecule has 0 amide bonds. The maximum absolute atomic E-state index is 4.11. The van der Waals surface area contributed by atoms with Crippen molar-refractivity contribution in [2.75, 3.05) is 0 Å². The van der Waals surface area contributed by atoms with Crippen molar-refractivity contribution in [3.63, 3.8) is 0 Å². The van der Waals surface area contributed by atoms with Gasteiger partial charge in [-0.2, -0.15) is 0 Å². The van der Waals surface area contributed by atoms with Crippen molar-refractivity contribution in [2.24, 2.45) is 0 Å². The van der Waals surface area contributed by atoms with Gasteiger partial charge in [-0.15, -0.1) is 0 Å². The van der Waals surface area contributed by atoms with Crippen LogP contribution >= 0.6 is 0 Å². The van der Waals surface area contributed by atoms with Crippen LogP contribution < -0.4 is 0 Å². The third kappa shape index (κ3) is 2.33. The second kappa shape index (κ2) is 4.45. The van der Waals surface area contributed by atoms with Crippen molar-refractivity contribution in [2.45, 2.75) is 44.6 Å². The van der Waals surface area contributed by atoms with Crippen molar-refractivity contribution >= 4 is 0 Å². The summed E-state index contributed by atoms with van der Waals surface area (Å²) in [7, 11) is 0. The Morgan fingerprint density at radius 1 is 1.15 bits per heavy atom. The summed E-state index contributed by atoms with van der Waals surface area (Å²) >= 11 is 0. The van der Waals surface area contributed by atoms with Crippen LogP contribution in [0.1, 0.15) is 44.6 Å². The summed E-state index contributed by atoms with van der Waals surface area (Å²) in [5.74, 6) is 0. The zero-order chi connectivity index (χ0) is 8.93. The number of aromatic nitrogens is 2. The monoisotopic (exact) mass is 177 g/mol. The zero-order valence-electron chi connectivity index (χ0n) is 8.02. The summed E-state index contributed by atoms with van der Waals surface area (Å²) in [4.78, 5) is 4.11. The Hall–Kier alpha value is -0.790. The summed E-state index contributed by atoms with van der Waals surface area (Å²) < 4.78 is 2.27. The molecule has 0 atom stereocenters. The van der Waals surface area contributed by atoms with Crippen LogP contribution in [-0.2, 0) is 0 Å². The highest BCUT2D eigenvalue weighted by molar-refractivity contribution is 4.82. The molecule has 2 heteroatoms. The molecule has 0 unspecified atom stereocenters. The first-order valence-corrected chi connectivity index (χ1v) is 5.26. The molecule has 0 aromatic carbocycles. The summed E-state index contributed by atoms with van der Waals surface area (Å²) in [6.07, 6.45) is 16.3. The van der Waals surface area contributed by atoms with Crippen LogP contribution in [0.3, 0.4) is 0 Å². The van der Waals surface area contributed by atoms with Crippen LogP contribution in [0.25, 0.3) is 0 Å². The Morgan fingerprint density at radius 2 is 1.92 bits per heavy atom. The number of hydrogen-bond donors (Lipinski definition) is 0. The molecule has 1 aromatic rings. The molecule has 1 aliphatic rings. The summed E-state index contributed by atoms with van der Waals surface area (Å²) in [5.41, 5.74) is 0. The van der Waals surface area contributed by atoms with Crippen LogP contribution in [-0.4, -0.2) is 9.55 Å². The minimum absolute atomic E-state index is 0.705. The van der Waals surface area contributed by atoms with Crippen molar-refractivity contribution in [3.8, 4) is 0 Å². The van der Waals surface area contributed by atoms with Gasteiger partial charge in [0.2, 0.25) is 0 Å². The fourth-order valence-corrected chi connectivity index (χ4v) is 2.07. The van der Waals surface area contributed by atoms with Gasteiger partial charge in [-0.05, 0) is 19.3 Å². The van der Waals surface area contributed by atoms with Gasteiger partial charge in [0.05, 0.1) is 6.33 Å². The molecule has 1 aromatic heterocycles. The Bertz CT molecular complexity index is 220. The molecule has 1 heterocycles. The van der Waals surface area contributed by atoms with E-state index in [1.165, 1.54) is 38.5 Å². The first-order valence-electron chi connectivity index (χ1n) is 5.26. The maximum Gasteiger partial charge on any atom is 0.0948 e. The molecule has 1 saturated carbocycles. The predicted molar refractivity (Wildman–Crippen MR) is 53.3 cm³/mol. The molecule has 0 aliphatic heterocycles. The van der Waals surface area contributed by atoms with Crippen LogP contribution in [0.4, 0.5) is 0 Å². The third-order valence-corrected chi connectivity index (χ3v) is 2.84. The van der Waals surface area contributed by atoms with E-state index in [0.717, 1.165) is 0 Å². The molecule has 0 saturated heterocycles. The molecule has 0 spiro atoms. The van der Waals surface area contributed by atoms with Gasteiger partial charge in [0.15, 0.2) is 0 Å². The standard InChI is InChI=1S/C11H17N2/c1-2-4-6-11(7-5-3-1)13-9-8-12-10-13/h1,8-11H,2-7H2. The van der Waals surface area contributed by atoms with Gasteiger partial charge in [-0.25, -0.2) is 4.98 Å². The Kier molecular flexibility index (Phi) is 3.01. The summed E-state index contributed by atoms with van der Waals surface area (Å²) in [5, 5.41) is 0. The smallest absolute Gasteiger partial charge is 0.0948 e. The Balaban J connectivity index is 1.96. The van der Waals surface area contributed by atoms with Gasteiger partial charge in [0.1, 0.15) is 0 Å². The molecular formula is C11H17N2. The average molecular weight is 177 g/mol. The Labute approximate surface area is 80.0 Å². The molecule has 1 fully saturated rings. The second-order valence-electron chi connectivity index (χ2n) is 3.81. The van der Waals surface area contributed by atoms with E-state index in [0.29, 0.717) is 6.04 Å². The van der Waals surface area contributed by atoms with Gasteiger partial charge < -0.3 is 4.57 Å². The molecule has 2 nitrogen and oxygen atoms in total. The molecule has 2 rings (SSSR count). The first kappa shape index (κ1) is 8.79. The lowest BCUT2D eigenvalue weighted by molar-refractivity contribution is 0.394. The molecule has 0 bridgehead atoms. The van der Waals surface area contributed by atoms with Gasteiger partial charge >= 0.3 is 0 Å². The topological polar surface area (TPSA) is 17.8 Å². The van der Waals surface area contributed by atoms with E-state index in [1.54, 1.807) is 0 Å². The predicted octanol–water partition coefficient (Wildman–Crippen LogP) is 2.98. The average Bonchev–Trinajstić information content (AvgIpc) is 2.55. The summed E-state index contributed by atoms with van der Waals surface area (Å²) in [6, 6.07) is 0.705. The number of nitrogens with zero attached hydrogens (tertiary/aromatic N) is 2. The highest BCUT2D eigenvalue weighted by atomic mass is 15.0. The van der Waals surface area contributed by atoms with E-state index in [1.807, 2.05) is 12.5 Å². The van der Waals surface area contributed by atoms with Crippen LogP contribution in [0.15, 0.2) is 18.7 Å². The lowest BCUT2D eigenvalue weighted by atomic mass is 9.97. The summed E-state index contributed by atoms with van der Waals surface area (Å²) in [6.45, 7) is 0. The SMILES string of the molecule is [CH]1CCCC(n2ccnc2)CCC1. The van der Waals surface area contributed by atoms with Crippen molar-refractivity contribution in [1.29, 1.82) is 0 Å². The quantitative estimate of drug-likeness (QED) is 0.644. The lowest BCUT2D eigenvalue weighted by Gasteiger charge is -2.20. The third-order valence-electron chi connectivity index (χ3n) is 2.84. The van der Waals surface area contributed by atoms with Crippen molar-refractivity contribution in [1.82, 2.24) is 9.55 Å². The molecule has 71 valence electrons. The molecule has 0 N–H and O–H groups in total. The number of hydrogen-bond acceptors (Lipinski definition) is 1. The molecule has 1 aliphatic carbocycles. The fourth-order valence-electron chi connectivity index (χ4n) is 2.07. The minimum atomic E-state index is 0.705. The van der Waals surface area contributed by atoms with E-state index >= 15 is 0 Å². The normalized spacial score (nSPS) is 20.9. The van der Waals surface area contributed by atoms with Crippen LogP contribution in [0.2, 0.25) is 0 Å².